The van der Waals surface area contributed by atoms with Gasteiger partial charge in [-0.15, -0.1) is 12.4 Å². The topological polar surface area (TPSA) is 55.6 Å². The fourth-order valence-electron chi connectivity index (χ4n) is 2.52. The molecular weight excluding hydrogens is 295 g/mol. The quantitative estimate of drug-likeness (QED) is 0.906. The highest BCUT2D eigenvalue weighted by molar-refractivity contribution is 5.85. The van der Waals surface area contributed by atoms with Crippen LogP contribution in [0.25, 0.3) is 0 Å². The van der Waals surface area contributed by atoms with Gasteiger partial charge in [0.25, 0.3) is 0 Å². The lowest BCUT2D eigenvalue weighted by Crippen LogP contribution is -2.41. The van der Waals surface area contributed by atoms with Crippen LogP contribution in [0.3, 0.4) is 0 Å². The highest BCUT2D eigenvalue weighted by atomic mass is 35.5. The Labute approximate surface area is 130 Å². The van der Waals surface area contributed by atoms with E-state index < -0.39 is 0 Å². The minimum absolute atomic E-state index is 0. The third-order valence-electron chi connectivity index (χ3n) is 3.77. The number of halogens is 2. The van der Waals surface area contributed by atoms with Gasteiger partial charge in [-0.3, -0.25) is 4.79 Å². The summed E-state index contributed by atoms with van der Waals surface area (Å²) in [6.45, 7) is 0.884. The van der Waals surface area contributed by atoms with Crippen LogP contribution in [0.1, 0.15) is 19.3 Å². The molecule has 0 aromatic heterocycles. The van der Waals surface area contributed by atoms with Gasteiger partial charge in [0.05, 0.1) is 12.5 Å². The van der Waals surface area contributed by atoms with E-state index in [2.05, 4.69) is 0 Å². The van der Waals surface area contributed by atoms with Gasteiger partial charge in [-0.1, -0.05) is 6.42 Å². The second kappa shape index (κ2) is 8.20. The average molecular weight is 317 g/mol. The highest BCUT2D eigenvalue weighted by Crippen LogP contribution is 2.25. The normalized spacial score (nSPS) is 20.7. The molecule has 1 saturated carbocycles. The lowest BCUT2D eigenvalue weighted by molar-refractivity contribution is -0.134. The largest absolute Gasteiger partial charge is 0.492 e. The summed E-state index contributed by atoms with van der Waals surface area (Å²) in [4.78, 5) is 13.8. The SMILES string of the molecule is CN(CCOc1ccc(F)cc1)C(=O)C1CCCC1N.Cl. The van der Waals surface area contributed by atoms with Crippen molar-refractivity contribution in [3.63, 3.8) is 0 Å². The maximum absolute atomic E-state index is 12.7. The molecule has 2 N–H and O–H groups in total. The second-order valence-corrected chi connectivity index (χ2v) is 5.26. The number of nitrogens with zero attached hydrogens (tertiary/aromatic N) is 1. The van der Waals surface area contributed by atoms with E-state index in [1.807, 2.05) is 0 Å². The third-order valence-corrected chi connectivity index (χ3v) is 3.77. The van der Waals surface area contributed by atoms with Gasteiger partial charge in [0.15, 0.2) is 0 Å². The van der Waals surface area contributed by atoms with E-state index in [1.54, 1.807) is 24.1 Å². The Morgan fingerprint density at radius 2 is 2.05 bits per heavy atom. The molecule has 0 aliphatic heterocycles. The molecule has 0 radical (unpaired) electrons. The van der Waals surface area contributed by atoms with Crippen LogP contribution in [0.5, 0.6) is 5.75 Å². The average Bonchev–Trinajstić information content (AvgIpc) is 2.86. The van der Waals surface area contributed by atoms with Gasteiger partial charge < -0.3 is 15.4 Å². The molecule has 4 nitrogen and oxygen atoms in total. The standard InChI is InChI=1S/C15H21FN2O2.ClH/c1-18(15(19)13-3-2-4-14(13)17)9-10-20-12-7-5-11(16)6-8-12;/h5-8,13-14H,2-4,9-10,17H2,1H3;1H. The Morgan fingerprint density at radius 1 is 1.38 bits per heavy atom. The number of hydrogen-bond donors (Lipinski definition) is 1. The Morgan fingerprint density at radius 3 is 2.62 bits per heavy atom. The molecule has 0 saturated heterocycles. The van der Waals surface area contributed by atoms with Crippen molar-refractivity contribution < 1.29 is 13.9 Å². The molecule has 1 aliphatic carbocycles. The van der Waals surface area contributed by atoms with E-state index in [0.717, 1.165) is 19.3 Å². The fourth-order valence-corrected chi connectivity index (χ4v) is 2.52. The first-order chi connectivity index (χ1) is 9.58. The van der Waals surface area contributed by atoms with Crippen LogP contribution in [-0.4, -0.2) is 37.0 Å². The van der Waals surface area contributed by atoms with E-state index in [4.69, 9.17) is 10.5 Å². The summed E-state index contributed by atoms with van der Waals surface area (Å²) in [7, 11) is 1.77. The number of ether oxygens (including phenoxy) is 1. The first kappa shape index (κ1) is 17.7. The highest BCUT2D eigenvalue weighted by Gasteiger charge is 2.31. The summed E-state index contributed by atoms with van der Waals surface area (Å²) in [6, 6.07) is 5.83. The maximum Gasteiger partial charge on any atom is 0.227 e. The number of rotatable bonds is 5. The fraction of sp³-hybridized carbons (Fsp3) is 0.533. The predicted molar refractivity (Wildman–Crippen MR) is 82.1 cm³/mol. The number of hydrogen-bond acceptors (Lipinski definition) is 3. The van der Waals surface area contributed by atoms with Crippen molar-refractivity contribution in [1.82, 2.24) is 4.90 Å². The van der Waals surface area contributed by atoms with E-state index >= 15 is 0 Å². The zero-order valence-electron chi connectivity index (χ0n) is 12.1. The van der Waals surface area contributed by atoms with Crippen LogP contribution >= 0.6 is 12.4 Å². The number of likely N-dealkylation sites (N-methyl/N-ethyl adjacent to an activating group) is 1. The molecule has 0 spiro atoms. The summed E-state index contributed by atoms with van der Waals surface area (Å²) in [5, 5.41) is 0. The van der Waals surface area contributed by atoms with E-state index in [9.17, 15) is 9.18 Å². The number of nitrogens with two attached hydrogens (primary N) is 1. The Bertz CT molecular complexity index is 455. The van der Waals surface area contributed by atoms with Crippen molar-refractivity contribution in [3.05, 3.63) is 30.1 Å². The third kappa shape index (κ3) is 4.86. The van der Waals surface area contributed by atoms with Crippen molar-refractivity contribution in [2.75, 3.05) is 20.2 Å². The maximum atomic E-state index is 12.7. The van der Waals surface area contributed by atoms with Gasteiger partial charge in [-0.25, -0.2) is 4.39 Å². The zero-order chi connectivity index (χ0) is 14.5. The van der Waals surface area contributed by atoms with Gasteiger partial charge in [0.2, 0.25) is 5.91 Å². The summed E-state index contributed by atoms with van der Waals surface area (Å²) >= 11 is 0. The van der Waals surface area contributed by atoms with Crippen molar-refractivity contribution in [3.8, 4) is 5.75 Å². The van der Waals surface area contributed by atoms with E-state index in [-0.39, 0.29) is 36.1 Å². The molecule has 21 heavy (non-hydrogen) atoms. The molecule has 2 atom stereocenters. The molecule has 0 heterocycles. The molecule has 0 bridgehead atoms. The lowest BCUT2D eigenvalue weighted by atomic mass is 10.0. The molecule has 118 valence electrons. The number of amides is 1. The molecule has 2 rings (SSSR count). The van der Waals surface area contributed by atoms with Crippen LogP contribution in [0, 0.1) is 11.7 Å². The van der Waals surface area contributed by atoms with Gasteiger partial charge in [-0.05, 0) is 37.1 Å². The van der Waals surface area contributed by atoms with Gasteiger partial charge in [0.1, 0.15) is 18.2 Å². The smallest absolute Gasteiger partial charge is 0.227 e. The Kier molecular flexibility index (Phi) is 6.92. The molecule has 1 aliphatic rings. The van der Waals surface area contributed by atoms with Crippen molar-refractivity contribution in [1.29, 1.82) is 0 Å². The monoisotopic (exact) mass is 316 g/mol. The van der Waals surface area contributed by atoms with Crippen LogP contribution in [0.4, 0.5) is 4.39 Å². The van der Waals surface area contributed by atoms with Crippen molar-refractivity contribution in [2.24, 2.45) is 11.7 Å². The number of benzene rings is 1. The summed E-state index contributed by atoms with van der Waals surface area (Å²) in [5.41, 5.74) is 5.94. The van der Waals surface area contributed by atoms with Crippen LogP contribution < -0.4 is 10.5 Å². The lowest BCUT2D eigenvalue weighted by Gasteiger charge is -2.23. The first-order valence-corrected chi connectivity index (χ1v) is 6.97. The minimum Gasteiger partial charge on any atom is -0.492 e. The molecule has 6 heteroatoms. The molecule has 1 aromatic carbocycles. The summed E-state index contributed by atoms with van der Waals surface area (Å²) < 4.78 is 18.2. The van der Waals surface area contributed by atoms with E-state index in [0.29, 0.717) is 18.9 Å². The molecule has 1 aromatic rings. The second-order valence-electron chi connectivity index (χ2n) is 5.26. The summed E-state index contributed by atoms with van der Waals surface area (Å²) in [5.74, 6) is 0.355. The molecule has 2 unspecified atom stereocenters. The predicted octanol–water partition coefficient (Wildman–Crippen LogP) is 2.21. The van der Waals surface area contributed by atoms with Crippen molar-refractivity contribution >= 4 is 18.3 Å². The van der Waals surface area contributed by atoms with Gasteiger partial charge in [0, 0.05) is 13.1 Å². The molecule has 1 amide bonds. The van der Waals surface area contributed by atoms with Crippen LogP contribution in [0.2, 0.25) is 0 Å². The Hall–Kier alpha value is -1.33. The zero-order valence-corrected chi connectivity index (χ0v) is 12.9. The first-order valence-electron chi connectivity index (χ1n) is 6.97. The van der Waals surface area contributed by atoms with Crippen molar-refractivity contribution in [2.45, 2.75) is 25.3 Å². The summed E-state index contributed by atoms with van der Waals surface area (Å²) in [6.07, 6.45) is 2.83. The number of carbonyl (C=O) groups excluding carboxylic acids is 1. The Balaban J connectivity index is 0.00000220. The van der Waals surface area contributed by atoms with Gasteiger partial charge in [-0.2, -0.15) is 0 Å². The molecular formula is C15H22ClFN2O2. The minimum atomic E-state index is -0.292. The van der Waals surface area contributed by atoms with Gasteiger partial charge >= 0.3 is 0 Å². The number of carbonyl (C=O) groups is 1. The van der Waals surface area contributed by atoms with Crippen LogP contribution in [0.15, 0.2) is 24.3 Å². The van der Waals surface area contributed by atoms with E-state index in [1.165, 1.54) is 12.1 Å². The molecule has 1 fully saturated rings. The van der Waals surface area contributed by atoms with Crippen LogP contribution in [-0.2, 0) is 4.79 Å².